The van der Waals surface area contributed by atoms with Crippen LogP contribution >= 0.6 is 0 Å². The van der Waals surface area contributed by atoms with E-state index in [4.69, 9.17) is 0 Å². The number of benzene rings is 1. The molecule has 2 unspecified atom stereocenters. The van der Waals surface area contributed by atoms with Gasteiger partial charge in [-0.15, -0.1) is 0 Å². The number of carbonyl (C=O) groups excluding carboxylic acids is 1. The molecule has 0 spiro atoms. The molecule has 1 heterocycles. The summed E-state index contributed by atoms with van der Waals surface area (Å²) in [5.41, 5.74) is 1.07. The number of hydrogen-bond acceptors (Lipinski definition) is 3. The Bertz CT molecular complexity index is 581. The Morgan fingerprint density at radius 3 is 2.48 bits per heavy atom. The Labute approximate surface area is 126 Å². The first kappa shape index (κ1) is 16.0. The normalized spacial score (nSPS) is 22.1. The van der Waals surface area contributed by atoms with Crippen molar-refractivity contribution < 1.29 is 13.2 Å². The van der Waals surface area contributed by atoms with Crippen molar-refractivity contribution in [1.29, 1.82) is 0 Å². The summed E-state index contributed by atoms with van der Waals surface area (Å²) in [5, 5.41) is 3.04. The number of nitrogens with one attached hydrogen (secondary N) is 1. The molecule has 2 rings (SSSR count). The van der Waals surface area contributed by atoms with Gasteiger partial charge in [-0.1, -0.05) is 44.2 Å². The van der Waals surface area contributed by atoms with Gasteiger partial charge in [0, 0.05) is 0 Å². The molecule has 1 fully saturated rings. The van der Waals surface area contributed by atoms with E-state index in [1.165, 1.54) is 0 Å². The summed E-state index contributed by atoms with van der Waals surface area (Å²) < 4.78 is 23.0. The smallest absolute Gasteiger partial charge is 0.224 e. The zero-order chi connectivity index (χ0) is 15.5. The van der Waals surface area contributed by atoms with Crippen molar-refractivity contribution in [2.75, 3.05) is 11.5 Å². The molecule has 4 nitrogen and oxygen atoms in total. The van der Waals surface area contributed by atoms with Gasteiger partial charge in [0.15, 0.2) is 9.84 Å². The van der Waals surface area contributed by atoms with Crippen LogP contribution in [0.3, 0.4) is 0 Å². The van der Waals surface area contributed by atoms with E-state index in [2.05, 4.69) is 19.2 Å². The molecule has 0 bridgehead atoms. The highest BCUT2D eigenvalue weighted by Gasteiger charge is 2.33. The van der Waals surface area contributed by atoms with Crippen LogP contribution in [0.5, 0.6) is 0 Å². The third-order valence-corrected chi connectivity index (χ3v) is 5.60. The Morgan fingerprint density at radius 1 is 1.29 bits per heavy atom. The van der Waals surface area contributed by atoms with Crippen molar-refractivity contribution in [2.45, 2.75) is 32.7 Å². The molecule has 2 atom stereocenters. The van der Waals surface area contributed by atoms with E-state index >= 15 is 0 Å². The van der Waals surface area contributed by atoms with Gasteiger partial charge in [-0.3, -0.25) is 4.79 Å². The lowest BCUT2D eigenvalue weighted by atomic mass is 9.96. The summed E-state index contributed by atoms with van der Waals surface area (Å²) in [7, 11) is -3.02. The Kier molecular flexibility index (Phi) is 5.04. The van der Waals surface area contributed by atoms with Crippen LogP contribution in [0.25, 0.3) is 0 Å². The number of sulfone groups is 1. The third-order valence-electron chi connectivity index (χ3n) is 3.83. The standard InChI is InChI=1S/C16H23NO3S/c1-12(2)10-15(13-6-4-3-5-7-13)17-16(18)14-8-9-21(19,20)11-14/h3-7,12,14-15H,8-11H2,1-2H3,(H,17,18). The Balaban J connectivity index is 2.07. The topological polar surface area (TPSA) is 63.2 Å². The van der Waals surface area contributed by atoms with Gasteiger partial charge in [-0.05, 0) is 24.3 Å². The van der Waals surface area contributed by atoms with Crippen LogP contribution in [0, 0.1) is 11.8 Å². The third kappa shape index (κ3) is 4.56. The second kappa shape index (κ2) is 6.60. The maximum atomic E-state index is 12.3. The predicted molar refractivity (Wildman–Crippen MR) is 83.5 cm³/mol. The van der Waals surface area contributed by atoms with Crippen molar-refractivity contribution in [3.05, 3.63) is 35.9 Å². The molecule has 0 aliphatic carbocycles. The van der Waals surface area contributed by atoms with Gasteiger partial charge in [0.1, 0.15) is 0 Å². The van der Waals surface area contributed by atoms with Crippen molar-refractivity contribution in [1.82, 2.24) is 5.32 Å². The van der Waals surface area contributed by atoms with Gasteiger partial charge >= 0.3 is 0 Å². The van der Waals surface area contributed by atoms with Gasteiger partial charge < -0.3 is 5.32 Å². The average molecular weight is 309 g/mol. The quantitative estimate of drug-likeness (QED) is 0.908. The van der Waals surface area contributed by atoms with Crippen LogP contribution in [0.1, 0.15) is 38.3 Å². The molecule has 0 aromatic heterocycles. The molecule has 116 valence electrons. The highest BCUT2D eigenvalue weighted by molar-refractivity contribution is 7.91. The van der Waals surface area contributed by atoms with Crippen LogP contribution in [0.4, 0.5) is 0 Å². The SMILES string of the molecule is CC(C)CC(NC(=O)C1CCS(=O)(=O)C1)c1ccccc1. The van der Waals surface area contributed by atoms with Gasteiger partial charge in [-0.2, -0.15) is 0 Å². The number of hydrogen-bond donors (Lipinski definition) is 1. The summed E-state index contributed by atoms with van der Waals surface area (Å²) in [4.78, 5) is 12.3. The summed E-state index contributed by atoms with van der Waals surface area (Å²) in [6.07, 6.45) is 1.28. The molecule has 1 aliphatic heterocycles. The van der Waals surface area contributed by atoms with Gasteiger partial charge in [-0.25, -0.2) is 8.42 Å². The molecule has 5 heteroatoms. The second-order valence-electron chi connectivity index (χ2n) is 6.20. The molecule has 1 aliphatic rings. The average Bonchev–Trinajstić information content (AvgIpc) is 2.79. The van der Waals surface area contributed by atoms with E-state index in [-0.39, 0.29) is 23.5 Å². The van der Waals surface area contributed by atoms with E-state index in [0.717, 1.165) is 12.0 Å². The fourth-order valence-electron chi connectivity index (χ4n) is 2.73. The molecular formula is C16H23NO3S. The van der Waals surface area contributed by atoms with E-state index < -0.39 is 15.8 Å². The highest BCUT2D eigenvalue weighted by atomic mass is 32.2. The first-order chi connectivity index (χ1) is 9.87. The molecule has 1 N–H and O–H groups in total. The number of amides is 1. The summed E-state index contributed by atoms with van der Waals surface area (Å²) in [6, 6.07) is 9.80. The molecular weight excluding hydrogens is 286 g/mol. The Morgan fingerprint density at radius 2 is 1.95 bits per heavy atom. The zero-order valence-electron chi connectivity index (χ0n) is 12.6. The summed E-state index contributed by atoms with van der Waals surface area (Å²) in [5.74, 6) is 0.0367. The lowest BCUT2D eigenvalue weighted by molar-refractivity contribution is -0.125. The van der Waals surface area contributed by atoms with Gasteiger partial charge in [0.25, 0.3) is 0 Å². The molecule has 1 saturated heterocycles. The van der Waals surface area contributed by atoms with Crippen molar-refractivity contribution >= 4 is 15.7 Å². The fraction of sp³-hybridized carbons (Fsp3) is 0.562. The first-order valence-electron chi connectivity index (χ1n) is 7.43. The Hall–Kier alpha value is -1.36. The second-order valence-corrected chi connectivity index (χ2v) is 8.43. The molecule has 0 radical (unpaired) electrons. The van der Waals surface area contributed by atoms with Gasteiger partial charge in [0.05, 0.1) is 23.5 Å². The van der Waals surface area contributed by atoms with Crippen LogP contribution in [-0.4, -0.2) is 25.8 Å². The highest BCUT2D eigenvalue weighted by Crippen LogP contribution is 2.24. The summed E-state index contributed by atoms with van der Waals surface area (Å²) >= 11 is 0. The first-order valence-corrected chi connectivity index (χ1v) is 9.25. The summed E-state index contributed by atoms with van der Waals surface area (Å²) in [6.45, 7) is 4.23. The van der Waals surface area contributed by atoms with Crippen LogP contribution in [-0.2, 0) is 14.6 Å². The van der Waals surface area contributed by atoms with E-state index in [1.54, 1.807) is 0 Å². The van der Waals surface area contributed by atoms with Crippen molar-refractivity contribution in [3.8, 4) is 0 Å². The van der Waals surface area contributed by atoms with E-state index in [9.17, 15) is 13.2 Å². The fourth-order valence-corrected chi connectivity index (χ4v) is 4.47. The molecule has 1 amide bonds. The lowest BCUT2D eigenvalue weighted by Gasteiger charge is -2.22. The maximum absolute atomic E-state index is 12.3. The largest absolute Gasteiger partial charge is 0.349 e. The van der Waals surface area contributed by atoms with Crippen LogP contribution < -0.4 is 5.32 Å². The van der Waals surface area contributed by atoms with E-state index in [1.807, 2.05) is 30.3 Å². The minimum absolute atomic E-state index is 0.0119. The lowest BCUT2D eigenvalue weighted by Crippen LogP contribution is -2.35. The molecule has 1 aromatic rings. The zero-order valence-corrected chi connectivity index (χ0v) is 13.4. The van der Waals surface area contributed by atoms with Crippen LogP contribution in [0.15, 0.2) is 30.3 Å². The predicted octanol–water partition coefficient (Wildman–Crippen LogP) is 2.32. The molecule has 1 aromatic carbocycles. The van der Waals surface area contributed by atoms with Crippen molar-refractivity contribution in [3.63, 3.8) is 0 Å². The maximum Gasteiger partial charge on any atom is 0.224 e. The number of carbonyl (C=O) groups is 1. The van der Waals surface area contributed by atoms with E-state index in [0.29, 0.717) is 12.3 Å². The van der Waals surface area contributed by atoms with Gasteiger partial charge in [0.2, 0.25) is 5.91 Å². The number of rotatable bonds is 5. The monoisotopic (exact) mass is 309 g/mol. The molecule has 0 saturated carbocycles. The minimum Gasteiger partial charge on any atom is -0.349 e. The minimum atomic E-state index is -3.02. The molecule has 21 heavy (non-hydrogen) atoms. The van der Waals surface area contributed by atoms with Crippen molar-refractivity contribution in [2.24, 2.45) is 11.8 Å². The van der Waals surface area contributed by atoms with Crippen LogP contribution in [0.2, 0.25) is 0 Å².